The molecule has 1 amide bonds. The zero-order chi connectivity index (χ0) is 11.6. The first-order valence-electron chi connectivity index (χ1n) is 5.99. The van der Waals surface area contributed by atoms with Crippen LogP contribution in [0.1, 0.15) is 19.8 Å². The van der Waals surface area contributed by atoms with E-state index in [0.717, 1.165) is 26.1 Å². The molecule has 0 aliphatic carbocycles. The summed E-state index contributed by atoms with van der Waals surface area (Å²) >= 11 is 0. The second kappa shape index (κ2) is 8.50. The molecule has 0 saturated carbocycles. The van der Waals surface area contributed by atoms with Crippen LogP contribution in [0.15, 0.2) is 0 Å². The van der Waals surface area contributed by atoms with Crippen molar-refractivity contribution in [2.24, 2.45) is 0 Å². The molecule has 5 nitrogen and oxygen atoms in total. The number of nitrogens with one attached hydrogen (secondary N) is 2. The number of amides is 1. The number of rotatable bonds is 7. The minimum Gasteiger partial charge on any atom is -0.382 e. The van der Waals surface area contributed by atoms with Crippen LogP contribution in [0, 0.1) is 0 Å². The maximum Gasteiger partial charge on any atom is 0.220 e. The molecule has 1 heterocycles. The SMILES string of the molecule is CCOCCCC(=O)NCC1CNCCO1. The Balaban J connectivity index is 1.96. The Bertz CT molecular complexity index is 194. The molecule has 2 N–H and O–H groups in total. The van der Waals surface area contributed by atoms with E-state index in [-0.39, 0.29) is 12.0 Å². The lowest BCUT2D eigenvalue weighted by Crippen LogP contribution is -2.45. The Kier molecular flexibility index (Phi) is 7.12. The molecule has 1 fully saturated rings. The molecule has 94 valence electrons. The van der Waals surface area contributed by atoms with Gasteiger partial charge in [0.25, 0.3) is 0 Å². The van der Waals surface area contributed by atoms with Gasteiger partial charge >= 0.3 is 0 Å². The maximum absolute atomic E-state index is 11.4. The van der Waals surface area contributed by atoms with E-state index in [0.29, 0.717) is 26.2 Å². The van der Waals surface area contributed by atoms with Crippen LogP contribution in [0.4, 0.5) is 0 Å². The molecule has 0 radical (unpaired) electrons. The van der Waals surface area contributed by atoms with E-state index in [9.17, 15) is 4.79 Å². The quantitative estimate of drug-likeness (QED) is 0.600. The van der Waals surface area contributed by atoms with Gasteiger partial charge < -0.3 is 20.1 Å². The molecule has 1 saturated heterocycles. The van der Waals surface area contributed by atoms with Crippen molar-refractivity contribution in [3.8, 4) is 0 Å². The highest BCUT2D eigenvalue weighted by molar-refractivity contribution is 5.75. The maximum atomic E-state index is 11.4. The summed E-state index contributed by atoms with van der Waals surface area (Å²) in [4.78, 5) is 11.4. The summed E-state index contributed by atoms with van der Waals surface area (Å²) < 4.78 is 10.6. The molecular weight excluding hydrogens is 208 g/mol. The number of carbonyl (C=O) groups is 1. The van der Waals surface area contributed by atoms with Crippen molar-refractivity contribution in [1.29, 1.82) is 0 Å². The molecule has 1 aliphatic heterocycles. The Morgan fingerprint density at radius 2 is 2.50 bits per heavy atom. The molecule has 5 heteroatoms. The molecule has 1 aliphatic rings. The van der Waals surface area contributed by atoms with Crippen LogP contribution < -0.4 is 10.6 Å². The van der Waals surface area contributed by atoms with E-state index in [1.54, 1.807) is 0 Å². The fraction of sp³-hybridized carbons (Fsp3) is 0.909. The number of hydrogen-bond donors (Lipinski definition) is 2. The Hall–Kier alpha value is -0.650. The molecule has 1 rings (SSSR count). The lowest BCUT2D eigenvalue weighted by atomic mass is 10.2. The molecule has 0 aromatic heterocycles. The lowest BCUT2D eigenvalue weighted by molar-refractivity contribution is -0.122. The monoisotopic (exact) mass is 230 g/mol. The average molecular weight is 230 g/mol. The third-order valence-electron chi connectivity index (χ3n) is 2.43. The van der Waals surface area contributed by atoms with Crippen molar-refractivity contribution in [3.05, 3.63) is 0 Å². The highest BCUT2D eigenvalue weighted by Crippen LogP contribution is 1.95. The second-order valence-electron chi connectivity index (χ2n) is 3.80. The van der Waals surface area contributed by atoms with Gasteiger partial charge in [-0.15, -0.1) is 0 Å². The zero-order valence-electron chi connectivity index (χ0n) is 9.96. The van der Waals surface area contributed by atoms with Crippen molar-refractivity contribution in [1.82, 2.24) is 10.6 Å². The van der Waals surface area contributed by atoms with Gasteiger partial charge in [-0.1, -0.05) is 0 Å². The summed E-state index contributed by atoms with van der Waals surface area (Å²) in [6, 6.07) is 0. The number of morpholine rings is 1. The standard InChI is InChI=1S/C11H22N2O3/c1-2-15-6-3-4-11(14)13-9-10-8-12-5-7-16-10/h10,12H,2-9H2,1H3,(H,13,14). The van der Waals surface area contributed by atoms with Crippen LogP contribution in [-0.2, 0) is 14.3 Å². The van der Waals surface area contributed by atoms with Crippen LogP contribution in [-0.4, -0.2) is 51.5 Å². The van der Waals surface area contributed by atoms with E-state index in [1.807, 2.05) is 6.92 Å². The number of ether oxygens (including phenoxy) is 2. The van der Waals surface area contributed by atoms with Gasteiger partial charge in [0.2, 0.25) is 5.91 Å². The summed E-state index contributed by atoms with van der Waals surface area (Å²) in [6.07, 6.45) is 1.42. The number of hydrogen-bond acceptors (Lipinski definition) is 4. The topological polar surface area (TPSA) is 59.6 Å². The zero-order valence-corrected chi connectivity index (χ0v) is 9.96. The van der Waals surface area contributed by atoms with E-state index in [2.05, 4.69) is 10.6 Å². The van der Waals surface area contributed by atoms with Crippen molar-refractivity contribution in [3.63, 3.8) is 0 Å². The third-order valence-corrected chi connectivity index (χ3v) is 2.43. The van der Waals surface area contributed by atoms with Crippen LogP contribution in [0.2, 0.25) is 0 Å². The molecule has 1 unspecified atom stereocenters. The molecule has 0 aromatic rings. The average Bonchev–Trinajstić information content (AvgIpc) is 2.33. The first-order valence-corrected chi connectivity index (χ1v) is 5.99. The van der Waals surface area contributed by atoms with Crippen LogP contribution >= 0.6 is 0 Å². The first-order chi connectivity index (χ1) is 7.83. The van der Waals surface area contributed by atoms with Crippen molar-refractivity contribution in [2.75, 3.05) is 39.5 Å². The van der Waals surface area contributed by atoms with Gasteiger partial charge in [-0.2, -0.15) is 0 Å². The first kappa shape index (κ1) is 13.4. The Morgan fingerprint density at radius 1 is 1.62 bits per heavy atom. The third kappa shape index (κ3) is 6.05. The fourth-order valence-electron chi connectivity index (χ4n) is 1.55. The summed E-state index contributed by atoms with van der Waals surface area (Å²) in [5.74, 6) is 0.0777. The van der Waals surface area contributed by atoms with Crippen molar-refractivity contribution >= 4 is 5.91 Å². The second-order valence-corrected chi connectivity index (χ2v) is 3.80. The minimum atomic E-state index is 0.0777. The molecule has 16 heavy (non-hydrogen) atoms. The van der Waals surface area contributed by atoms with Crippen LogP contribution in [0.25, 0.3) is 0 Å². The Morgan fingerprint density at radius 3 is 3.19 bits per heavy atom. The van der Waals surface area contributed by atoms with Gasteiger partial charge in [0.1, 0.15) is 0 Å². The van der Waals surface area contributed by atoms with Gasteiger partial charge in [0, 0.05) is 39.3 Å². The molecular formula is C11H22N2O3. The van der Waals surface area contributed by atoms with E-state index < -0.39 is 0 Å². The lowest BCUT2D eigenvalue weighted by Gasteiger charge is -2.23. The van der Waals surface area contributed by atoms with Gasteiger partial charge in [-0.05, 0) is 13.3 Å². The molecule has 0 bridgehead atoms. The van der Waals surface area contributed by atoms with E-state index >= 15 is 0 Å². The molecule has 1 atom stereocenters. The van der Waals surface area contributed by atoms with Crippen molar-refractivity contribution < 1.29 is 14.3 Å². The Labute approximate surface area is 96.9 Å². The van der Waals surface area contributed by atoms with E-state index in [1.165, 1.54) is 0 Å². The summed E-state index contributed by atoms with van der Waals surface area (Å²) in [5.41, 5.74) is 0. The van der Waals surface area contributed by atoms with Gasteiger partial charge in [-0.3, -0.25) is 4.79 Å². The highest BCUT2D eigenvalue weighted by Gasteiger charge is 2.13. The summed E-state index contributed by atoms with van der Waals surface area (Å²) in [5, 5.41) is 6.09. The van der Waals surface area contributed by atoms with Crippen LogP contribution in [0.5, 0.6) is 0 Å². The normalized spacial score (nSPS) is 20.7. The van der Waals surface area contributed by atoms with E-state index in [4.69, 9.17) is 9.47 Å². The number of carbonyl (C=O) groups excluding carboxylic acids is 1. The van der Waals surface area contributed by atoms with Crippen molar-refractivity contribution in [2.45, 2.75) is 25.9 Å². The molecule has 0 aromatic carbocycles. The van der Waals surface area contributed by atoms with Gasteiger partial charge in [-0.25, -0.2) is 0 Å². The van der Waals surface area contributed by atoms with Gasteiger partial charge in [0.05, 0.1) is 12.7 Å². The fourth-order valence-corrected chi connectivity index (χ4v) is 1.55. The van der Waals surface area contributed by atoms with Gasteiger partial charge in [0.15, 0.2) is 0 Å². The summed E-state index contributed by atoms with van der Waals surface area (Å²) in [6.45, 7) is 6.37. The largest absolute Gasteiger partial charge is 0.382 e. The predicted octanol–water partition coefficient (Wildman–Crippen LogP) is -0.0923. The highest BCUT2D eigenvalue weighted by atomic mass is 16.5. The summed E-state index contributed by atoms with van der Waals surface area (Å²) in [7, 11) is 0. The molecule has 0 spiro atoms. The smallest absolute Gasteiger partial charge is 0.220 e. The predicted molar refractivity (Wildman–Crippen MR) is 61.3 cm³/mol. The minimum absolute atomic E-state index is 0.0777. The van der Waals surface area contributed by atoms with Crippen LogP contribution in [0.3, 0.4) is 0 Å².